The lowest BCUT2D eigenvalue weighted by Gasteiger charge is -1.95. The number of fused-ring (bicyclic) bond motifs is 11. The molecular weight excluding hydrogens is 384 g/mol. The summed E-state index contributed by atoms with van der Waals surface area (Å²) in [6, 6.07) is 26.8. The van der Waals surface area contributed by atoms with E-state index >= 15 is 0 Å². The minimum atomic E-state index is 1.38. The van der Waals surface area contributed by atoms with Crippen LogP contribution in [0.15, 0.2) is 72.8 Å². The molecule has 0 spiro atoms. The molecule has 0 amide bonds. The maximum atomic E-state index is 2.33. The van der Waals surface area contributed by atoms with Gasteiger partial charge in [-0.05, 0) is 12.1 Å². The van der Waals surface area contributed by atoms with Gasteiger partial charge in [0.25, 0.3) is 0 Å². The summed E-state index contributed by atoms with van der Waals surface area (Å²) in [6.07, 6.45) is 0. The maximum absolute atomic E-state index is 2.33. The molecular formula is C24H12S3. The Balaban J connectivity index is 1.72. The Bertz CT molecular complexity index is 1550. The average Bonchev–Trinajstić information content (AvgIpc) is 3.38. The first kappa shape index (κ1) is 14.6. The molecule has 7 rings (SSSR count). The molecule has 0 nitrogen and oxygen atoms in total. The van der Waals surface area contributed by atoms with Crippen LogP contribution in [0.25, 0.3) is 60.5 Å². The maximum Gasteiger partial charge on any atom is 0.0534 e. The molecule has 27 heavy (non-hydrogen) atoms. The highest BCUT2D eigenvalue weighted by Crippen LogP contribution is 2.48. The van der Waals surface area contributed by atoms with E-state index in [4.69, 9.17) is 0 Å². The molecule has 7 aromatic rings. The molecule has 0 aliphatic rings. The normalized spacial score (nSPS) is 12.4. The van der Waals surface area contributed by atoms with E-state index < -0.39 is 0 Å². The van der Waals surface area contributed by atoms with Crippen LogP contribution in [0.5, 0.6) is 0 Å². The van der Waals surface area contributed by atoms with Crippen LogP contribution in [-0.4, -0.2) is 0 Å². The second kappa shape index (κ2) is 5.08. The van der Waals surface area contributed by atoms with Crippen molar-refractivity contribution in [3.63, 3.8) is 0 Å². The van der Waals surface area contributed by atoms with E-state index in [2.05, 4.69) is 72.8 Å². The van der Waals surface area contributed by atoms with Gasteiger partial charge in [0.2, 0.25) is 0 Å². The van der Waals surface area contributed by atoms with Gasteiger partial charge in [0, 0.05) is 41.7 Å². The van der Waals surface area contributed by atoms with Crippen LogP contribution in [0, 0.1) is 0 Å². The van der Waals surface area contributed by atoms with Gasteiger partial charge in [-0.1, -0.05) is 60.7 Å². The molecule has 0 saturated carbocycles. The Morgan fingerprint density at radius 2 is 0.704 bits per heavy atom. The van der Waals surface area contributed by atoms with Gasteiger partial charge in [0.1, 0.15) is 0 Å². The van der Waals surface area contributed by atoms with Crippen molar-refractivity contribution in [1.82, 2.24) is 0 Å². The fraction of sp³-hybridized carbons (Fsp3) is 0. The van der Waals surface area contributed by atoms with Crippen LogP contribution in [0.3, 0.4) is 0 Å². The van der Waals surface area contributed by atoms with Gasteiger partial charge < -0.3 is 0 Å². The lowest BCUT2D eigenvalue weighted by Crippen LogP contribution is -1.69. The molecule has 0 aliphatic heterocycles. The molecule has 3 aromatic heterocycles. The van der Waals surface area contributed by atoms with E-state index in [1.54, 1.807) is 0 Å². The van der Waals surface area contributed by atoms with Gasteiger partial charge >= 0.3 is 0 Å². The molecule has 0 atom stereocenters. The number of rotatable bonds is 0. The zero-order valence-corrected chi connectivity index (χ0v) is 16.6. The van der Waals surface area contributed by atoms with Gasteiger partial charge in [-0.15, -0.1) is 34.0 Å². The first-order chi connectivity index (χ1) is 13.4. The molecule has 0 bridgehead atoms. The SMILES string of the molecule is c1ccc2c(c1)sc1c2ccc2c3ccc4c5ccccc5sc4c3sc21. The molecule has 126 valence electrons. The minimum absolute atomic E-state index is 1.38. The van der Waals surface area contributed by atoms with Crippen LogP contribution >= 0.6 is 34.0 Å². The summed E-state index contributed by atoms with van der Waals surface area (Å²) in [7, 11) is 0. The predicted molar refractivity (Wildman–Crippen MR) is 125 cm³/mol. The minimum Gasteiger partial charge on any atom is -0.134 e. The monoisotopic (exact) mass is 396 g/mol. The van der Waals surface area contributed by atoms with E-state index in [-0.39, 0.29) is 0 Å². The van der Waals surface area contributed by atoms with Crippen molar-refractivity contribution in [2.24, 2.45) is 0 Å². The van der Waals surface area contributed by atoms with Gasteiger partial charge in [-0.25, -0.2) is 0 Å². The highest BCUT2D eigenvalue weighted by Gasteiger charge is 2.16. The van der Waals surface area contributed by atoms with Gasteiger partial charge in [-0.3, -0.25) is 0 Å². The molecule has 0 N–H and O–H groups in total. The van der Waals surface area contributed by atoms with Crippen LogP contribution in [0.1, 0.15) is 0 Å². The molecule has 0 radical (unpaired) electrons. The van der Waals surface area contributed by atoms with Crippen LogP contribution in [-0.2, 0) is 0 Å². The summed E-state index contributed by atoms with van der Waals surface area (Å²) in [5, 5.41) is 8.33. The standard InChI is InChI=1S/C24H12S3/c1-3-7-19-13(5-1)15-9-11-17-18-12-10-16-14-6-2-4-8-20(14)26-22(16)24(18)27-23(17)21(15)25-19/h1-12H. The Kier molecular flexibility index (Phi) is 2.74. The van der Waals surface area contributed by atoms with E-state index in [9.17, 15) is 0 Å². The molecule has 3 heterocycles. The molecule has 0 saturated heterocycles. The fourth-order valence-electron chi connectivity index (χ4n) is 4.26. The fourth-order valence-corrected chi connectivity index (χ4v) is 8.23. The summed E-state index contributed by atoms with van der Waals surface area (Å²) >= 11 is 5.83. The highest BCUT2D eigenvalue weighted by molar-refractivity contribution is 7.36. The van der Waals surface area contributed by atoms with E-state index in [0.717, 1.165) is 0 Å². The van der Waals surface area contributed by atoms with Gasteiger partial charge in [-0.2, -0.15) is 0 Å². The summed E-state index contributed by atoms with van der Waals surface area (Å²) in [6.45, 7) is 0. The van der Waals surface area contributed by atoms with Crippen molar-refractivity contribution in [3.8, 4) is 0 Å². The lowest BCUT2D eigenvalue weighted by molar-refractivity contribution is 1.86. The summed E-state index contributed by atoms with van der Waals surface area (Å²) in [4.78, 5) is 0. The van der Waals surface area contributed by atoms with Crippen molar-refractivity contribution in [2.75, 3.05) is 0 Å². The first-order valence-electron chi connectivity index (χ1n) is 8.95. The second-order valence-corrected chi connectivity index (χ2v) is 10.1. The third-order valence-corrected chi connectivity index (χ3v) is 9.42. The number of hydrogen-bond acceptors (Lipinski definition) is 3. The quantitative estimate of drug-likeness (QED) is 0.240. The third-order valence-electron chi connectivity index (χ3n) is 5.50. The smallest absolute Gasteiger partial charge is 0.0534 e. The molecule has 0 fully saturated rings. The zero-order valence-electron chi connectivity index (χ0n) is 14.2. The second-order valence-electron chi connectivity index (χ2n) is 6.94. The van der Waals surface area contributed by atoms with Crippen molar-refractivity contribution in [3.05, 3.63) is 72.8 Å². The third kappa shape index (κ3) is 1.82. The van der Waals surface area contributed by atoms with Gasteiger partial charge in [0.05, 0.1) is 18.8 Å². The Morgan fingerprint density at radius 3 is 1.19 bits per heavy atom. The van der Waals surface area contributed by atoms with Crippen molar-refractivity contribution in [1.29, 1.82) is 0 Å². The molecule has 4 aromatic carbocycles. The van der Waals surface area contributed by atoms with Crippen LogP contribution in [0.2, 0.25) is 0 Å². The average molecular weight is 397 g/mol. The van der Waals surface area contributed by atoms with E-state index in [1.807, 2.05) is 34.0 Å². The summed E-state index contributed by atoms with van der Waals surface area (Å²) < 4.78 is 8.50. The topological polar surface area (TPSA) is 0 Å². The molecule has 0 unspecified atom stereocenters. The largest absolute Gasteiger partial charge is 0.134 e. The number of thiophene rings is 3. The number of benzene rings is 4. The van der Waals surface area contributed by atoms with Crippen molar-refractivity contribution < 1.29 is 0 Å². The van der Waals surface area contributed by atoms with E-state index in [1.165, 1.54) is 60.5 Å². The van der Waals surface area contributed by atoms with Gasteiger partial charge in [0.15, 0.2) is 0 Å². The lowest BCUT2D eigenvalue weighted by atomic mass is 10.1. The highest BCUT2D eigenvalue weighted by atomic mass is 32.1. The van der Waals surface area contributed by atoms with Crippen LogP contribution in [0.4, 0.5) is 0 Å². The molecule has 0 aliphatic carbocycles. The van der Waals surface area contributed by atoms with Crippen molar-refractivity contribution >= 4 is 94.5 Å². The van der Waals surface area contributed by atoms with Crippen LogP contribution < -0.4 is 0 Å². The molecule has 3 heteroatoms. The Hall–Kier alpha value is -2.46. The number of hydrogen-bond donors (Lipinski definition) is 0. The predicted octanol–water partition coefficient (Wildman–Crippen LogP) is 8.79. The van der Waals surface area contributed by atoms with E-state index in [0.29, 0.717) is 0 Å². The van der Waals surface area contributed by atoms with Crippen molar-refractivity contribution in [2.45, 2.75) is 0 Å². The Labute approximate surface area is 166 Å². The summed E-state index contributed by atoms with van der Waals surface area (Å²) in [5.74, 6) is 0. The zero-order chi connectivity index (χ0) is 17.5. The first-order valence-corrected chi connectivity index (χ1v) is 11.4. The Morgan fingerprint density at radius 1 is 0.333 bits per heavy atom. The summed E-state index contributed by atoms with van der Waals surface area (Å²) in [5.41, 5.74) is 0.